The summed E-state index contributed by atoms with van der Waals surface area (Å²) in [6.45, 7) is 8.81. The molecular weight excluding hydrogens is 394 g/mol. The average molecular weight is 422 g/mol. The third kappa shape index (κ3) is 3.42. The number of oxime groups is 1. The Balaban J connectivity index is 1.52. The Kier molecular flexibility index (Phi) is 4.30. The van der Waals surface area contributed by atoms with Crippen molar-refractivity contribution in [2.75, 3.05) is 0 Å². The number of piperidine rings is 1. The van der Waals surface area contributed by atoms with E-state index in [-0.39, 0.29) is 22.9 Å². The summed E-state index contributed by atoms with van der Waals surface area (Å²) in [6.07, 6.45) is 3.24. The zero-order valence-electron chi connectivity index (χ0n) is 18.2. The van der Waals surface area contributed by atoms with Crippen LogP contribution in [0.5, 0.6) is 5.75 Å². The molecule has 3 heterocycles. The van der Waals surface area contributed by atoms with E-state index in [9.17, 15) is 5.11 Å². The van der Waals surface area contributed by atoms with E-state index < -0.39 is 0 Å². The topological polar surface area (TPSA) is 121 Å². The summed E-state index contributed by atoms with van der Waals surface area (Å²) in [5, 5.41) is 44.4. The van der Waals surface area contributed by atoms with Crippen LogP contribution in [0.1, 0.15) is 64.1 Å². The van der Waals surface area contributed by atoms with Gasteiger partial charge in [0, 0.05) is 22.2 Å². The Bertz CT molecular complexity index is 1200. The van der Waals surface area contributed by atoms with E-state index in [2.05, 4.69) is 58.7 Å². The van der Waals surface area contributed by atoms with Gasteiger partial charge in [-0.1, -0.05) is 10.4 Å². The summed E-state index contributed by atoms with van der Waals surface area (Å²) in [5.41, 5.74) is 4.77. The van der Waals surface area contributed by atoms with Gasteiger partial charge in [0.05, 0.1) is 17.4 Å². The lowest BCUT2D eigenvalue weighted by Crippen LogP contribution is -2.58. The number of rotatable bonds is 2. The van der Waals surface area contributed by atoms with Crippen LogP contribution in [-0.4, -0.2) is 52.3 Å². The first-order valence-corrected chi connectivity index (χ1v) is 10.6. The number of nitrogens with one attached hydrogen (secondary N) is 1. The maximum absolute atomic E-state index is 10.6. The number of benzene rings is 1. The Hall–Kier alpha value is -3.07. The van der Waals surface area contributed by atoms with Crippen molar-refractivity contribution in [3.63, 3.8) is 0 Å². The second-order valence-corrected chi connectivity index (χ2v) is 10.0. The first kappa shape index (κ1) is 19.9. The molecule has 1 aromatic carbocycles. The monoisotopic (exact) mass is 421 g/mol. The average Bonchev–Trinajstić information content (AvgIpc) is 3.27. The van der Waals surface area contributed by atoms with E-state index in [1.807, 2.05) is 16.8 Å². The Morgan fingerprint density at radius 1 is 1.00 bits per heavy atom. The highest BCUT2D eigenvalue weighted by atomic mass is 16.4. The fourth-order valence-corrected chi connectivity index (χ4v) is 5.38. The molecule has 1 fully saturated rings. The van der Waals surface area contributed by atoms with E-state index >= 15 is 0 Å². The molecule has 0 saturated carbocycles. The van der Waals surface area contributed by atoms with Gasteiger partial charge in [0.1, 0.15) is 11.3 Å². The van der Waals surface area contributed by atoms with Crippen LogP contribution in [0.3, 0.4) is 0 Å². The quantitative estimate of drug-likeness (QED) is 0.429. The second-order valence-electron chi connectivity index (χ2n) is 10.0. The minimum absolute atomic E-state index is 0.0228. The molecule has 1 aliphatic heterocycles. The minimum atomic E-state index is -0.0228. The molecule has 0 bridgehead atoms. The third-order valence-corrected chi connectivity index (χ3v) is 6.30. The molecule has 3 N–H and O–H groups in total. The molecule has 0 radical (unpaired) electrons. The van der Waals surface area contributed by atoms with Crippen LogP contribution in [0, 0.1) is 0 Å². The van der Waals surface area contributed by atoms with E-state index in [1.54, 1.807) is 6.07 Å². The summed E-state index contributed by atoms with van der Waals surface area (Å²) in [4.78, 5) is 0. The number of nitrogens with zero attached hydrogens (tertiary/aromatic N) is 6. The Morgan fingerprint density at radius 3 is 2.45 bits per heavy atom. The predicted molar refractivity (Wildman–Crippen MR) is 116 cm³/mol. The highest BCUT2D eigenvalue weighted by Crippen LogP contribution is 2.38. The highest BCUT2D eigenvalue weighted by molar-refractivity contribution is 6.05. The molecule has 9 nitrogen and oxygen atoms in total. The molecule has 2 aromatic heterocycles. The zero-order valence-corrected chi connectivity index (χ0v) is 18.2. The summed E-state index contributed by atoms with van der Waals surface area (Å²) in [6, 6.07) is 5.51. The molecule has 0 amide bonds. The van der Waals surface area contributed by atoms with Gasteiger partial charge in [-0.15, -0.1) is 15.3 Å². The normalized spacial score (nSPS) is 21.6. The van der Waals surface area contributed by atoms with Crippen LogP contribution in [0.15, 0.2) is 23.4 Å². The first-order chi connectivity index (χ1) is 14.7. The van der Waals surface area contributed by atoms with Crippen LogP contribution in [0.2, 0.25) is 0 Å². The van der Waals surface area contributed by atoms with Gasteiger partial charge < -0.3 is 15.6 Å². The predicted octanol–water partition coefficient (Wildman–Crippen LogP) is 3.20. The second kappa shape index (κ2) is 6.71. The van der Waals surface area contributed by atoms with E-state index in [4.69, 9.17) is 5.21 Å². The molecule has 5 rings (SSSR count). The van der Waals surface area contributed by atoms with Crippen molar-refractivity contribution < 1.29 is 10.3 Å². The molecule has 1 aliphatic carbocycles. The van der Waals surface area contributed by atoms with Crippen molar-refractivity contribution in [2.24, 2.45) is 5.16 Å². The third-order valence-electron chi connectivity index (χ3n) is 6.30. The summed E-state index contributed by atoms with van der Waals surface area (Å²) in [5.74, 6) is 0.0738. The molecule has 0 spiro atoms. The van der Waals surface area contributed by atoms with Crippen molar-refractivity contribution in [1.82, 2.24) is 30.5 Å². The van der Waals surface area contributed by atoms with Crippen molar-refractivity contribution in [2.45, 2.75) is 70.5 Å². The summed E-state index contributed by atoms with van der Waals surface area (Å²) < 4.78 is 1.89. The molecule has 0 atom stereocenters. The summed E-state index contributed by atoms with van der Waals surface area (Å²) >= 11 is 0. The van der Waals surface area contributed by atoms with Gasteiger partial charge in [-0.2, -0.15) is 0 Å². The number of phenolic OH excluding ortho intramolecular Hbond substituents is 1. The van der Waals surface area contributed by atoms with Gasteiger partial charge in [-0.25, -0.2) is 4.68 Å². The number of aromatic hydroxyl groups is 1. The summed E-state index contributed by atoms with van der Waals surface area (Å²) in [7, 11) is 0. The highest BCUT2D eigenvalue weighted by Gasteiger charge is 2.39. The number of phenols is 1. The number of aromatic nitrogens is 5. The lowest BCUT2D eigenvalue weighted by Gasteiger charge is -2.46. The fourth-order valence-electron chi connectivity index (χ4n) is 5.38. The molecule has 3 aromatic rings. The van der Waals surface area contributed by atoms with Gasteiger partial charge >= 0.3 is 0 Å². The van der Waals surface area contributed by atoms with Gasteiger partial charge in [0.15, 0.2) is 0 Å². The van der Waals surface area contributed by atoms with Gasteiger partial charge in [0.25, 0.3) is 0 Å². The fraction of sp³-hybridized carbons (Fsp3) is 0.500. The van der Waals surface area contributed by atoms with E-state index in [0.717, 1.165) is 30.4 Å². The van der Waals surface area contributed by atoms with Crippen LogP contribution in [0.25, 0.3) is 22.4 Å². The molecule has 2 aliphatic rings. The van der Waals surface area contributed by atoms with Crippen LogP contribution in [-0.2, 0) is 6.42 Å². The Labute approximate surface area is 180 Å². The van der Waals surface area contributed by atoms with Crippen molar-refractivity contribution in [3.8, 4) is 17.0 Å². The number of fused-ring (bicyclic) bond motifs is 2. The SMILES string of the molecule is CC1(C)CC(n2nnc3cc(-c4cc5c(cc4O)C(=NO)CC5)nnc32)CC(C)(C)N1. The lowest BCUT2D eigenvalue weighted by atomic mass is 9.80. The number of hydrogen-bond donors (Lipinski definition) is 3. The molecule has 1 saturated heterocycles. The van der Waals surface area contributed by atoms with Crippen LogP contribution < -0.4 is 5.32 Å². The first-order valence-electron chi connectivity index (χ1n) is 10.6. The number of aryl methyl sites for hydroxylation is 1. The van der Waals surface area contributed by atoms with Crippen LogP contribution >= 0.6 is 0 Å². The Morgan fingerprint density at radius 2 is 1.74 bits per heavy atom. The molecule has 31 heavy (non-hydrogen) atoms. The van der Waals surface area contributed by atoms with Gasteiger partial charge in [-0.3, -0.25) is 0 Å². The molecular formula is C22H27N7O2. The van der Waals surface area contributed by atoms with E-state index in [1.165, 1.54) is 0 Å². The van der Waals surface area contributed by atoms with Gasteiger partial charge in [0.2, 0.25) is 5.65 Å². The van der Waals surface area contributed by atoms with E-state index in [0.29, 0.717) is 34.6 Å². The minimum Gasteiger partial charge on any atom is -0.507 e. The van der Waals surface area contributed by atoms with Crippen LogP contribution in [0.4, 0.5) is 0 Å². The van der Waals surface area contributed by atoms with Gasteiger partial charge in [-0.05, 0) is 77.1 Å². The smallest absolute Gasteiger partial charge is 0.201 e. The molecule has 162 valence electrons. The molecule has 9 heteroatoms. The van der Waals surface area contributed by atoms with Crippen molar-refractivity contribution in [1.29, 1.82) is 0 Å². The lowest BCUT2D eigenvalue weighted by molar-refractivity contribution is 0.127. The maximum atomic E-state index is 10.6. The number of hydrogen-bond acceptors (Lipinski definition) is 8. The maximum Gasteiger partial charge on any atom is 0.201 e. The largest absolute Gasteiger partial charge is 0.507 e. The molecule has 0 unspecified atom stereocenters. The zero-order chi connectivity index (χ0) is 22.0. The van der Waals surface area contributed by atoms with Crippen molar-refractivity contribution in [3.05, 3.63) is 29.3 Å². The standard InChI is InChI=1S/C22H27N7O2/c1-21(2)10-13(11-22(3,4)27-21)29-20-18(24-28-29)9-17(23-25-20)15-7-12-5-6-16(26-31)14(12)8-19(15)30/h7-9,13,27,30-31H,5-6,10-11H2,1-4H3. The van der Waals surface area contributed by atoms with Crippen molar-refractivity contribution >= 4 is 16.9 Å².